The third-order valence-corrected chi connectivity index (χ3v) is 2.29. The van der Waals surface area contributed by atoms with Gasteiger partial charge in [-0.15, -0.1) is 0 Å². The number of rotatable bonds is 4. The van der Waals surface area contributed by atoms with Crippen molar-refractivity contribution in [1.82, 2.24) is 0 Å². The third-order valence-electron chi connectivity index (χ3n) is 2.29. The van der Waals surface area contributed by atoms with Crippen LogP contribution in [0.2, 0.25) is 0 Å². The van der Waals surface area contributed by atoms with E-state index in [0.717, 1.165) is 0 Å². The summed E-state index contributed by atoms with van der Waals surface area (Å²) < 4.78 is 9.41. The van der Waals surface area contributed by atoms with Gasteiger partial charge in [0.15, 0.2) is 0 Å². The van der Waals surface area contributed by atoms with Crippen LogP contribution in [0, 0.1) is 22.0 Å². The Bertz CT molecular complexity index is 556. The maximum atomic E-state index is 11.1. The predicted molar refractivity (Wildman–Crippen MR) is 72.1 cm³/mol. The number of benzene rings is 1. The minimum atomic E-state index is -0.855. The second kappa shape index (κ2) is 7.79. The fourth-order valence-corrected chi connectivity index (χ4v) is 1.44. The van der Waals surface area contributed by atoms with Crippen LogP contribution in [-0.2, 0) is 16.1 Å². The minimum Gasteiger partial charge on any atom is -0.435 e. The zero-order valence-corrected chi connectivity index (χ0v) is 11.3. The largest absolute Gasteiger partial charge is 0.508 e. The number of hydrogen-bond donors (Lipinski definition) is 0. The second-order valence-corrected chi connectivity index (χ2v) is 3.73. The molecule has 0 saturated carbocycles. The lowest BCUT2D eigenvalue weighted by Gasteiger charge is -2.05. The molecular formula is C14H15NO5. The SMILES string of the molecule is CCC#Cc1ccc([N+](=O)[O-])c(COC(=O)OCC)c1. The number of ether oxygens (including phenoxy) is 2. The van der Waals surface area contributed by atoms with Crippen LogP contribution < -0.4 is 0 Å². The Hall–Kier alpha value is -2.55. The van der Waals surface area contributed by atoms with Gasteiger partial charge in [0.2, 0.25) is 0 Å². The molecule has 0 saturated heterocycles. The Morgan fingerprint density at radius 2 is 2.10 bits per heavy atom. The van der Waals surface area contributed by atoms with Gasteiger partial charge in [-0.25, -0.2) is 4.79 Å². The van der Waals surface area contributed by atoms with Gasteiger partial charge in [-0.2, -0.15) is 0 Å². The highest BCUT2D eigenvalue weighted by molar-refractivity contribution is 5.60. The molecule has 0 fully saturated rings. The number of nitro benzene ring substituents is 1. The summed E-state index contributed by atoms with van der Waals surface area (Å²) in [7, 11) is 0. The van der Waals surface area contributed by atoms with Crippen molar-refractivity contribution in [2.45, 2.75) is 26.9 Å². The van der Waals surface area contributed by atoms with Crippen LogP contribution in [-0.4, -0.2) is 17.7 Å². The molecule has 0 aliphatic heterocycles. The molecule has 0 aliphatic rings. The molecular weight excluding hydrogens is 262 g/mol. The van der Waals surface area contributed by atoms with Crippen LogP contribution in [0.1, 0.15) is 31.4 Å². The molecule has 6 heteroatoms. The van der Waals surface area contributed by atoms with Gasteiger partial charge < -0.3 is 9.47 Å². The molecule has 20 heavy (non-hydrogen) atoms. The van der Waals surface area contributed by atoms with Crippen LogP contribution in [0.15, 0.2) is 18.2 Å². The van der Waals surface area contributed by atoms with Crippen LogP contribution in [0.3, 0.4) is 0 Å². The van der Waals surface area contributed by atoms with Crippen molar-refractivity contribution in [2.75, 3.05) is 6.61 Å². The molecule has 0 N–H and O–H groups in total. The van der Waals surface area contributed by atoms with Crippen LogP contribution >= 0.6 is 0 Å². The lowest BCUT2D eigenvalue weighted by molar-refractivity contribution is -0.385. The van der Waals surface area contributed by atoms with Crippen LogP contribution in [0.5, 0.6) is 0 Å². The zero-order chi connectivity index (χ0) is 15.0. The van der Waals surface area contributed by atoms with E-state index < -0.39 is 11.1 Å². The Kier molecular flexibility index (Phi) is 6.04. The highest BCUT2D eigenvalue weighted by Crippen LogP contribution is 2.21. The number of nitro groups is 1. The van der Waals surface area contributed by atoms with Crippen molar-refractivity contribution in [3.8, 4) is 11.8 Å². The number of carbonyl (C=O) groups excluding carboxylic acids is 1. The van der Waals surface area contributed by atoms with E-state index >= 15 is 0 Å². The van der Waals surface area contributed by atoms with E-state index in [1.165, 1.54) is 6.07 Å². The molecule has 0 spiro atoms. The molecule has 1 rings (SSSR count). The first-order valence-corrected chi connectivity index (χ1v) is 6.14. The normalized spacial score (nSPS) is 9.30. The summed E-state index contributed by atoms with van der Waals surface area (Å²) in [5.74, 6) is 5.74. The highest BCUT2D eigenvalue weighted by Gasteiger charge is 2.15. The maximum Gasteiger partial charge on any atom is 0.508 e. The fraction of sp³-hybridized carbons (Fsp3) is 0.357. The standard InChI is InChI=1S/C14H15NO5/c1-3-5-6-11-7-8-13(15(17)18)12(9-11)10-20-14(16)19-4-2/h7-9H,3-4,10H2,1-2H3. The summed E-state index contributed by atoms with van der Waals surface area (Å²) in [6.45, 7) is 3.51. The zero-order valence-electron chi connectivity index (χ0n) is 11.3. The average molecular weight is 277 g/mol. The van der Waals surface area contributed by atoms with Gasteiger partial charge >= 0.3 is 6.16 Å². The Balaban J connectivity index is 2.94. The van der Waals surface area contributed by atoms with E-state index in [-0.39, 0.29) is 24.5 Å². The highest BCUT2D eigenvalue weighted by atomic mass is 16.7. The van der Waals surface area contributed by atoms with Crippen molar-refractivity contribution >= 4 is 11.8 Å². The van der Waals surface area contributed by atoms with Gasteiger partial charge in [-0.1, -0.05) is 18.8 Å². The predicted octanol–water partition coefficient (Wildman–Crippen LogP) is 3.03. The molecule has 0 bridgehead atoms. The van der Waals surface area contributed by atoms with Gasteiger partial charge in [0.1, 0.15) is 6.61 Å². The Labute approximate surface area is 116 Å². The molecule has 0 atom stereocenters. The van der Waals surface area contributed by atoms with Gasteiger partial charge in [-0.05, 0) is 19.1 Å². The Morgan fingerprint density at radius 1 is 1.35 bits per heavy atom. The van der Waals surface area contributed by atoms with Crippen LogP contribution in [0.25, 0.3) is 0 Å². The van der Waals surface area contributed by atoms with E-state index in [4.69, 9.17) is 4.74 Å². The van der Waals surface area contributed by atoms with Crippen molar-refractivity contribution in [3.63, 3.8) is 0 Å². The van der Waals surface area contributed by atoms with Crippen LogP contribution in [0.4, 0.5) is 10.5 Å². The van der Waals surface area contributed by atoms with E-state index in [2.05, 4.69) is 16.6 Å². The average Bonchev–Trinajstić information content (AvgIpc) is 2.43. The van der Waals surface area contributed by atoms with Gasteiger partial charge in [-0.3, -0.25) is 10.1 Å². The number of nitrogens with zero attached hydrogens (tertiary/aromatic N) is 1. The molecule has 0 aromatic heterocycles. The summed E-state index contributed by atoms with van der Waals surface area (Å²) in [4.78, 5) is 21.5. The minimum absolute atomic E-state index is 0.114. The van der Waals surface area contributed by atoms with E-state index in [1.807, 2.05) is 6.92 Å². The van der Waals surface area contributed by atoms with Crippen molar-refractivity contribution in [2.24, 2.45) is 0 Å². The van der Waals surface area contributed by atoms with E-state index in [1.54, 1.807) is 19.1 Å². The summed E-state index contributed by atoms with van der Waals surface area (Å²) in [5.41, 5.74) is 0.808. The van der Waals surface area contributed by atoms with Crippen molar-refractivity contribution in [1.29, 1.82) is 0 Å². The smallest absolute Gasteiger partial charge is 0.435 e. The molecule has 0 aliphatic carbocycles. The molecule has 1 aromatic rings. The first-order chi connectivity index (χ1) is 9.58. The Morgan fingerprint density at radius 3 is 2.70 bits per heavy atom. The molecule has 106 valence electrons. The maximum absolute atomic E-state index is 11.1. The summed E-state index contributed by atoms with van der Waals surface area (Å²) in [6.07, 6.45) is -0.169. The summed E-state index contributed by atoms with van der Waals surface area (Å²) >= 11 is 0. The summed E-state index contributed by atoms with van der Waals surface area (Å²) in [5, 5.41) is 10.9. The van der Waals surface area contributed by atoms with Gasteiger partial charge in [0.05, 0.1) is 17.1 Å². The summed E-state index contributed by atoms with van der Waals surface area (Å²) in [6, 6.07) is 4.46. The number of carbonyl (C=O) groups is 1. The third kappa shape index (κ3) is 4.61. The van der Waals surface area contributed by atoms with E-state index in [0.29, 0.717) is 12.0 Å². The van der Waals surface area contributed by atoms with Gasteiger partial charge in [0, 0.05) is 18.1 Å². The molecule has 0 radical (unpaired) electrons. The second-order valence-electron chi connectivity index (χ2n) is 3.73. The van der Waals surface area contributed by atoms with Crippen molar-refractivity contribution in [3.05, 3.63) is 39.4 Å². The number of hydrogen-bond acceptors (Lipinski definition) is 5. The molecule has 0 unspecified atom stereocenters. The monoisotopic (exact) mass is 277 g/mol. The van der Waals surface area contributed by atoms with Gasteiger partial charge in [0.25, 0.3) is 5.69 Å². The lowest BCUT2D eigenvalue weighted by atomic mass is 10.1. The first kappa shape index (κ1) is 15.5. The first-order valence-electron chi connectivity index (χ1n) is 6.14. The molecule has 1 aromatic carbocycles. The quantitative estimate of drug-likeness (QED) is 0.366. The molecule has 0 heterocycles. The lowest BCUT2D eigenvalue weighted by Crippen LogP contribution is -2.08. The van der Waals surface area contributed by atoms with E-state index in [9.17, 15) is 14.9 Å². The fourth-order valence-electron chi connectivity index (χ4n) is 1.44. The molecule has 6 nitrogen and oxygen atoms in total. The van der Waals surface area contributed by atoms with Crippen molar-refractivity contribution < 1.29 is 19.2 Å². The topological polar surface area (TPSA) is 78.7 Å². The molecule has 0 amide bonds.